The van der Waals surface area contributed by atoms with Crippen LogP contribution in [0, 0.1) is 0 Å². The number of carbonyl (C=O) groups excluding carboxylic acids is 1. The SMILES string of the molecule is CC(C)SC1(S(C)=O)CCCCC1=O. The van der Waals surface area contributed by atoms with Crippen molar-refractivity contribution in [3.05, 3.63) is 0 Å². The molecule has 14 heavy (non-hydrogen) atoms. The Morgan fingerprint density at radius 2 is 2.07 bits per heavy atom. The van der Waals surface area contributed by atoms with E-state index < -0.39 is 14.9 Å². The molecule has 0 aliphatic heterocycles. The number of rotatable bonds is 3. The Balaban J connectivity index is 2.89. The van der Waals surface area contributed by atoms with Crippen molar-refractivity contribution in [2.45, 2.75) is 48.9 Å². The van der Waals surface area contributed by atoms with Crippen LogP contribution < -0.4 is 0 Å². The van der Waals surface area contributed by atoms with Gasteiger partial charge in [-0.1, -0.05) is 20.3 Å². The van der Waals surface area contributed by atoms with Crippen LogP contribution in [0.5, 0.6) is 0 Å². The molecule has 0 heterocycles. The Kier molecular flexibility index (Phi) is 4.19. The van der Waals surface area contributed by atoms with E-state index in [-0.39, 0.29) is 5.78 Å². The van der Waals surface area contributed by atoms with Crippen molar-refractivity contribution in [1.29, 1.82) is 0 Å². The Labute approximate surface area is 92.7 Å². The van der Waals surface area contributed by atoms with Gasteiger partial charge >= 0.3 is 0 Å². The maximum atomic E-state index is 11.9. The molecule has 0 bridgehead atoms. The first-order valence-corrected chi connectivity index (χ1v) is 7.47. The molecule has 2 unspecified atom stereocenters. The lowest BCUT2D eigenvalue weighted by atomic mass is 9.98. The lowest BCUT2D eigenvalue weighted by Gasteiger charge is -2.34. The molecule has 82 valence electrons. The minimum atomic E-state index is -1.05. The first-order chi connectivity index (χ1) is 6.49. The normalized spacial score (nSPS) is 30.7. The lowest BCUT2D eigenvalue weighted by molar-refractivity contribution is -0.120. The molecule has 0 amide bonds. The second-order valence-corrected chi connectivity index (χ2v) is 7.74. The minimum absolute atomic E-state index is 0.197. The largest absolute Gasteiger partial charge is 0.297 e. The van der Waals surface area contributed by atoms with Gasteiger partial charge in [-0.15, -0.1) is 11.8 Å². The van der Waals surface area contributed by atoms with Crippen LogP contribution in [0.3, 0.4) is 0 Å². The van der Waals surface area contributed by atoms with Crippen molar-refractivity contribution < 1.29 is 9.00 Å². The summed E-state index contributed by atoms with van der Waals surface area (Å²) >= 11 is 1.59. The van der Waals surface area contributed by atoms with Gasteiger partial charge < -0.3 is 0 Å². The molecular formula is C10H18O2S2. The quantitative estimate of drug-likeness (QED) is 0.751. The summed E-state index contributed by atoms with van der Waals surface area (Å²) in [6.45, 7) is 4.11. The third kappa shape index (κ3) is 2.40. The predicted octanol–water partition coefficient (Wildman–Crippen LogP) is 2.35. The van der Waals surface area contributed by atoms with Crippen molar-refractivity contribution in [3.63, 3.8) is 0 Å². The summed E-state index contributed by atoms with van der Waals surface area (Å²) in [5.41, 5.74) is 0. The van der Waals surface area contributed by atoms with Crippen LogP contribution in [0.25, 0.3) is 0 Å². The van der Waals surface area contributed by atoms with Crippen LogP contribution in [0.1, 0.15) is 39.5 Å². The molecule has 4 heteroatoms. The standard InChI is InChI=1S/C10H18O2S2/c1-8(2)13-10(14(3)12)7-5-4-6-9(10)11/h8H,4-7H2,1-3H3. The van der Waals surface area contributed by atoms with Gasteiger partial charge in [0.1, 0.15) is 4.08 Å². The maximum Gasteiger partial charge on any atom is 0.161 e. The van der Waals surface area contributed by atoms with Gasteiger partial charge in [-0.25, -0.2) is 0 Å². The fraction of sp³-hybridized carbons (Fsp3) is 0.900. The first-order valence-electron chi connectivity index (χ1n) is 5.03. The second kappa shape index (κ2) is 4.79. The molecule has 1 fully saturated rings. The molecule has 0 saturated heterocycles. The Hall–Kier alpha value is 0.170. The van der Waals surface area contributed by atoms with Crippen LogP contribution in [-0.4, -0.2) is 25.6 Å². The zero-order chi connectivity index (χ0) is 10.8. The number of thioether (sulfide) groups is 1. The number of carbonyl (C=O) groups is 1. The third-order valence-corrected chi connectivity index (χ3v) is 6.11. The van der Waals surface area contributed by atoms with Gasteiger partial charge in [0.2, 0.25) is 0 Å². The Morgan fingerprint density at radius 3 is 2.50 bits per heavy atom. The molecule has 1 aliphatic rings. The van der Waals surface area contributed by atoms with E-state index in [4.69, 9.17) is 0 Å². The van der Waals surface area contributed by atoms with E-state index in [1.165, 1.54) is 0 Å². The van der Waals surface area contributed by atoms with Crippen LogP contribution in [-0.2, 0) is 15.6 Å². The fourth-order valence-electron chi connectivity index (χ4n) is 1.85. The minimum Gasteiger partial charge on any atom is -0.297 e. The van der Waals surface area contributed by atoms with Gasteiger partial charge in [0.15, 0.2) is 5.78 Å². The highest BCUT2D eigenvalue weighted by atomic mass is 32.2. The van der Waals surface area contributed by atoms with E-state index in [0.29, 0.717) is 11.7 Å². The predicted molar refractivity (Wildman–Crippen MR) is 63.0 cm³/mol. The number of ketones is 1. The van der Waals surface area contributed by atoms with Crippen molar-refractivity contribution in [3.8, 4) is 0 Å². The van der Waals surface area contributed by atoms with E-state index in [9.17, 15) is 9.00 Å². The van der Waals surface area contributed by atoms with E-state index >= 15 is 0 Å². The molecule has 0 aromatic rings. The topological polar surface area (TPSA) is 34.1 Å². The molecule has 0 spiro atoms. The van der Waals surface area contributed by atoms with Crippen LogP contribution in [0.15, 0.2) is 0 Å². The zero-order valence-electron chi connectivity index (χ0n) is 9.04. The summed E-state index contributed by atoms with van der Waals surface area (Å²) in [5, 5.41) is 0.362. The molecule has 0 aromatic heterocycles. The molecule has 1 aliphatic carbocycles. The molecule has 0 radical (unpaired) electrons. The molecule has 2 nitrogen and oxygen atoms in total. The van der Waals surface area contributed by atoms with Crippen molar-refractivity contribution >= 4 is 28.3 Å². The van der Waals surface area contributed by atoms with E-state index in [0.717, 1.165) is 19.3 Å². The highest BCUT2D eigenvalue weighted by Crippen LogP contribution is 2.41. The first kappa shape index (κ1) is 12.2. The summed E-state index contributed by atoms with van der Waals surface area (Å²) in [6.07, 6.45) is 5.07. The highest BCUT2D eigenvalue weighted by molar-refractivity contribution is 8.13. The monoisotopic (exact) mass is 234 g/mol. The van der Waals surface area contributed by atoms with Crippen LogP contribution in [0.2, 0.25) is 0 Å². The lowest BCUT2D eigenvalue weighted by Crippen LogP contribution is -2.42. The zero-order valence-corrected chi connectivity index (χ0v) is 10.7. The molecule has 1 saturated carbocycles. The van der Waals surface area contributed by atoms with E-state index in [1.54, 1.807) is 18.0 Å². The van der Waals surface area contributed by atoms with E-state index in [2.05, 4.69) is 13.8 Å². The van der Waals surface area contributed by atoms with Gasteiger partial charge in [0.05, 0.1) is 0 Å². The van der Waals surface area contributed by atoms with E-state index in [1.807, 2.05) is 0 Å². The Morgan fingerprint density at radius 1 is 1.43 bits per heavy atom. The van der Waals surface area contributed by atoms with Crippen molar-refractivity contribution in [2.24, 2.45) is 0 Å². The molecule has 1 rings (SSSR count). The van der Waals surface area contributed by atoms with Gasteiger partial charge in [-0.3, -0.25) is 9.00 Å². The van der Waals surface area contributed by atoms with Gasteiger partial charge in [-0.05, 0) is 12.8 Å². The summed E-state index contributed by atoms with van der Waals surface area (Å²) in [7, 11) is -1.05. The molecule has 0 N–H and O–H groups in total. The Bertz CT molecular complexity index is 251. The van der Waals surface area contributed by atoms with Crippen LogP contribution >= 0.6 is 11.8 Å². The van der Waals surface area contributed by atoms with Crippen molar-refractivity contribution in [1.82, 2.24) is 0 Å². The molecule has 0 aromatic carbocycles. The smallest absolute Gasteiger partial charge is 0.161 e. The van der Waals surface area contributed by atoms with Gasteiger partial charge in [-0.2, -0.15) is 0 Å². The fourth-order valence-corrected chi connectivity index (χ4v) is 5.08. The van der Waals surface area contributed by atoms with Gasteiger partial charge in [0, 0.05) is 28.7 Å². The number of hydrogen-bond acceptors (Lipinski definition) is 3. The van der Waals surface area contributed by atoms with Gasteiger partial charge in [0.25, 0.3) is 0 Å². The average Bonchev–Trinajstić information content (AvgIpc) is 2.08. The number of Topliss-reactive ketones (excluding diaryl/α,β-unsaturated/α-hetero) is 1. The summed E-state index contributed by atoms with van der Waals surface area (Å²) in [6, 6.07) is 0. The molecular weight excluding hydrogens is 216 g/mol. The summed E-state index contributed by atoms with van der Waals surface area (Å²) in [5.74, 6) is 0.197. The molecule has 2 atom stereocenters. The third-order valence-electron chi connectivity index (χ3n) is 2.47. The second-order valence-electron chi connectivity index (χ2n) is 4.00. The summed E-state index contributed by atoms with van der Waals surface area (Å²) in [4.78, 5) is 11.9. The van der Waals surface area contributed by atoms with Crippen molar-refractivity contribution in [2.75, 3.05) is 6.26 Å². The van der Waals surface area contributed by atoms with Crippen LogP contribution in [0.4, 0.5) is 0 Å². The number of hydrogen-bond donors (Lipinski definition) is 0. The highest BCUT2D eigenvalue weighted by Gasteiger charge is 2.44. The summed E-state index contributed by atoms with van der Waals surface area (Å²) < 4.78 is 11.1. The average molecular weight is 234 g/mol. The maximum absolute atomic E-state index is 11.9.